The maximum atomic E-state index is 11.3. The van der Waals surface area contributed by atoms with Crippen LogP contribution in [0, 0.1) is 0 Å². The molecule has 0 bridgehead atoms. The molecule has 3 nitrogen and oxygen atoms in total. The van der Waals surface area contributed by atoms with Crippen molar-refractivity contribution >= 4 is 12.0 Å². The summed E-state index contributed by atoms with van der Waals surface area (Å²) in [5.41, 5.74) is 1.19. The van der Waals surface area contributed by atoms with Gasteiger partial charge in [0.1, 0.15) is 0 Å². The van der Waals surface area contributed by atoms with Gasteiger partial charge in [-0.25, -0.2) is 0 Å². The molecule has 1 aromatic rings. The molecule has 0 aliphatic rings. The summed E-state index contributed by atoms with van der Waals surface area (Å²) in [6, 6.07) is 10.2. The molecule has 0 atom stereocenters. The fourth-order valence-corrected chi connectivity index (χ4v) is 1.50. The normalized spacial score (nSPS) is 10.7. The molecule has 0 radical (unpaired) electrons. The average molecular weight is 246 g/mol. The summed E-state index contributed by atoms with van der Waals surface area (Å²) < 4.78 is 0. The zero-order valence-corrected chi connectivity index (χ0v) is 11.0. The molecule has 2 N–H and O–H groups in total. The third-order valence-electron chi connectivity index (χ3n) is 2.47. The molecule has 3 heteroatoms. The number of benzene rings is 1. The van der Waals surface area contributed by atoms with Crippen LogP contribution < -0.4 is 10.6 Å². The summed E-state index contributed by atoms with van der Waals surface area (Å²) >= 11 is 0. The highest BCUT2D eigenvalue weighted by Gasteiger charge is 1.97. The van der Waals surface area contributed by atoms with Crippen LogP contribution in [0.2, 0.25) is 0 Å². The van der Waals surface area contributed by atoms with Crippen molar-refractivity contribution in [2.45, 2.75) is 19.8 Å². The number of carbonyl (C=O) groups excluding carboxylic acids is 1. The maximum Gasteiger partial charge on any atom is 0.221 e. The van der Waals surface area contributed by atoms with Crippen molar-refractivity contribution in [1.29, 1.82) is 0 Å². The van der Waals surface area contributed by atoms with Crippen LogP contribution >= 0.6 is 0 Å². The van der Waals surface area contributed by atoms with Crippen LogP contribution in [-0.2, 0) is 4.79 Å². The van der Waals surface area contributed by atoms with Gasteiger partial charge in [0.05, 0.1) is 0 Å². The Morgan fingerprint density at radius 2 is 2.00 bits per heavy atom. The first-order valence-electron chi connectivity index (χ1n) is 6.52. The second-order valence-corrected chi connectivity index (χ2v) is 4.12. The van der Waals surface area contributed by atoms with E-state index < -0.39 is 0 Å². The monoisotopic (exact) mass is 246 g/mol. The third kappa shape index (κ3) is 6.86. The molecule has 0 unspecified atom stereocenters. The van der Waals surface area contributed by atoms with E-state index in [4.69, 9.17) is 0 Å². The Labute approximate surface area is 109 Å². The molecule has 98 valence electrons. The lowest BCUT2D eigenvalue weighted by atomic mass is 10.2. The smallest absolute Gasteiger partial charge is 0.221 e. The van der Waals surface area contributed by atoms with Crippen molar-refractivity contribution in [2.75, 3.05) is 19.6 Å². The largest absolute Gasteiger partial charge is 0.356 e. The van der Waals surface area contributed by atoms with Gasteiger partial charge in [-0.1, -0.05) is 49.4 Å². The second-order valence-electron chi connectivity index (χ2n) is 4.12. The fraction of sp³-hybridized carbons (Fsp3) is 0.400. The molecule has 1 amide bonds. The molecule has 18 heavy (non-hydrogen) atoms. The Balaban J connectivity index is 2.05. The highest BCUT2D eigenvalue weighted by molar-refractivity contribution is 5.75. The Morgan fingerprint density at radius 1 is 1.22 bits per heavy atom. The first-order chi connectivity index (χ1) is 8.83. The topological polar surface area (TPSA) is 41.1 Å². The SMILES string of the molecule is CCCNC(=O)CCNCC=Cc1ccccc1. The Morgan fingerprint density at radius 3 is 2.72 bits per heavy atom. The van der Waals surface area contributed by atoms with Gasteiger partial charge >= 0.3 is 0 Å². The Bertz CT molecular complexity index is 360. The molecule has 0 aliphatic heterocycles. The van der Waals surface area contributed by atoms with Gasteiger partial charge in [-0.3, -0.25) is 4.79 Å². The van der Waals surface area contributed by atoms with E-state index in [0.717, 1.165) is 19.5 Å². The van der Waals surface area contributed by atoms with Crippen LogP contribution in [0.15, 0.2) is 36.4 Å². The molecule has 0 aliphatic carbocycles. The van der Waals surface area contributed by atoms with Crippen LogP contribution in [-0.4, -0.2) is 25.5 Å². The molecule has 0 saturated carbocycles. The lowest BCUT2D eigenvalue weighted by molar-refractivity contribution is -0.120. The molecule has 0 saturated heterocycles. The summed E-state index contributed by atoms with van der Waals surface area (Å²) in [5, 5.41) is 6.07. The van der Waals surface area contributed by atoms with Crippen LogP contribution in [0.25, 0.3) is 6.08 Å². The molecule has 1 rings (SSSR count). The number of amides is 1. The minimum atomic E-state index is 0.122. The Hall–Kier alpha value is -1.61. The average Bonchev–Trinajstić information content (AvgIpc) is 2.41. The van der Waals surface area contributed by atoms with Crippen molar-refractivity contribution in [3.8, 4) is 0 Å². The zero-order chi connectivity index (χ0) is 13.1. The molecule has 0 fully saturated rings. The van der Waals surface area contributed by atoms with Crippen LogP contribution in [0.3, 0.4) is 0 Å². The van der Waals surface area contributed by atoms with Crippen molar-refractivity contribution < 1.29 is 4.79 Å². The van der Waals surface area contributed by atoms with Crippen LogP contribution in [0.1, 0.15) is 25.3 Å². The quantitative estimate of drug-likeness (QED) is 0.690. The van der Waals surface area contributed by atoms with Crippen molar-refractivity contribution in [3.05, 3.63) is 42.0 Å². The summed E-state index contributed by atoms with van der Waals surface area (Å²) in [6.45, 7) is 4.32. The van der Waals surface area contributed by atoms with Gasteiger partial charge < -0.3 is 10.6 Å². The first kappa shape index (κ1) is 14.5. The van der Waals surface area contributed by atoms with E-state index >= 15 is 0 Å². The standard InChI is InChI=1S/C15H22N2O/c1-2-11-17-15(18)10-13-16-12-6-9-14-7-4-3-5-8-14/h3-9,16H,2,10-13H2,1H3,(H,17,18). The molecule has 0 heterocycles. The van der Waals surface area contributed by atoms with E-state index in [2.05, 4.69) is 34.9 Å². The van der Waals surface area contributed by atoms with E-state index in [1.165, 1.54) is 5.56 Å². The van der Waals surface area contributed by atoms with Gasteiger partial charge in [0.2, 0.25) is 5.91 Å². The molecular formula is C15H22N2O. The van der Waals surface area contributed by atoms with E-state index in [-0.39, 0.29) is 5.91 Å². The lowest BCUT2D eigenvalue weighted by Gasteiger charge is -2.03. The highest BCUT2D eigenvalue weighted by atomic mass is 16.1. The second kappa shape index (κ2) is 9.42. The van der Waals surface area contributed by atoms with Gasteiger partial charge in [0.15, 0.2) is 0 Å². The van der Waals surface area contributed by atoms with E-state index in [1.807, 2.05) is 25.1 Å². The predicted molar refractivity (Wildman–Crippen MR) is 76.3 cm³/mol. The van der Waals surface area contributed by atoms with Crippen molar-refractivity contribution in [1.82, 2.24) is 10.6 Å². The number of rotatable bonds is 8. The summed E-state index contributed by atoms with van der Waals surface area (Å²) in [6.07, 6.45) is 5.67. The van der Waals surface area contributed by atoms with Crippen LogP contribution in [0.4, 0.5) is 0 Å². The third-order valence-corrected chi connectivity index (χ3v) is 2.47. The number of hydrogen-bond acceptors (Lipinski definition) is 2. The van der Waals surface area contributed by atoms with Gasteiger partial charge in [0.25, 0.3) is 0 Å². The number of nitrogens with one attached hydrogen (secondary N) is 2. The van der Waals surface area contributed by atoms with Crippen molar-refractivity contribution in [2.24, 2.45) is 0 Å². The predicted octanol–water partition coefficient (Wildman–Crippen LogP) is 2.21. The van der Waals surface area contributed by atoms with Gasteiger partial charge in [0, 0.05) is 26.1 Å². The number of hydrogen-bond donors (Lipinski definition) is 2. The lowest BCUT2D eigenvalue weighted by Crippen LogP contribution is -2.28. The Kier molecular flexibility index (Phi) is 7.57. The van der Waals surface area contributed by atoms with Crippen molar-refractivity contribution in [3.63, 3.8) is 0 Å². The number of carbonyl (C=O) groups is 1. The molecule has 0 aromatic heterocycles. The maximum absolute atomic E-state index is 11.3. The molecule has 1 aromatic carbocycles. The minimum Gasteiger partial charge on any atom is -0.356 e. The highest BCUT2D eigenvalue weighted by Crippen LogP contribution is 1.99. The van der Waals surface area contributed by atoms with Crippen LogP contribution in [0.5, 0.6) is 0 Å². The molecular weight excluding hydrogens is 224 g/mol. The zero-order valence-electron chi connectivity index (χ0n) is 11.0. The molecule has 0 spiro atoms. The summed E-state index contributed by atoms with van der Waals surface area (Å²) in [7, 11) is 0. The van der Waals surface area contributed by atoms with Gasteiger partial charge in [-0.05, 0) is 12.0 Å². The van der Waals surface area contributed by atoms with Gasteiger partial charge in [-0.2, -0.15) is 0 Å². The van der Waals surface area contributed by atoms with E-state index in [0.29, 0.717) is 13.0 Å². The first-order valence-corrected chi connectivity index (χ1v) is 6.52. The summed E-state index contributed by atoms with van der Waals surface area (Å²) in [4.78, 5) is 11.3. The fourth-order valence-electron chi connectivity index (χ4n) is 1.50. The van der Waals surface area contributed by atoms with E-state index in [1.54, 1.807) is 0 Å². The van der Waals surface area contributed by atoms with Gasteiger partial charge in [-0.15, -0.1) is 0 Å². The minimum absolute atomic E-state index is 0.122. The van der Waals surface area contributed by atoms with E-state index in [9.17, 15) is 4.79 Å². The summed E-state index contributed by atoms with van der Waals surface area (Å²) in [5.74, 6) is 0.122.